The van der Waals surface area contributed by atoms with Gasteiger partial charge in [-0.2, -0.15) is 0 Å². The van der Waals surface area contributed by atoms with E-state index in [1.807, 2.05) is 46.2 Å². The molecule has 0 aliphatic carbocycles. The van der Waals surface area contributed by atoms with Gasteiger partial charge < -0.3 is 4.42 Å². The van der Waals surface area contributed by atoms with E-state index in [0.717, 1.165) is 16.1 Å². The SMILES string of the molecule is C=CCn1c(=O)c2ccccc2n2c(SCc3coc(-c4cccs4)n3)nnc12. The number of hydrogen-bond acceptors (Lipinski definition) is 7. The van der Waals surface area contributed by atoms with Crippen LogP contribution in [0.2, 0.25) is 0 Å². The van der Waals surface area contributed by atoms with Gasteiger partial charge in [0.05, 0.1) is 21.5 Å². The third-order valence-corrected chi connectivity index (χ3v) is 6.24. The predicted molar refractivity (Wildman–Crippen MR) is 114 cm³/mol. The molecule has 29 heavy (non-hydrogen) atoms. The van der Waals surface area contributed by atoms with E-state index in [9.17, 15) is 4.79 Å². The van der Waals surface area contributed by atoms with E-state index in [1.165, 1.54) is 11.8 Å². The molecule has 0 atom stereocenters. The first-order valence-corrected chi connectivity index (χ1v) is 10.7. The zero-order valence-electron chi connectivity index (χ0n) is 15.2. The molecule has 5 rings (SSSR count). The molecule has 5 aromatic rings. The summed E-state index contributed by atoms with van der Waals surface area (Å²) in [5, 5.41) is 11.9. The fourth-order valence-corrected chi connectivity index (χ4v) is 4.62. The van der Waals surface area contributed by atoms with Crippen LogP contribution in [0, 0.1) is 0 Å². The second-order valence-electron chi connectivity index (χ2n) is 6.25. The van der Waals surface area contributed by atoms with Gasteiger partial charge in [0.25, 0.3) is 5.56 Å². The van der Waals surface area contributed by atoms with Gasteiger partial charge in [-0.1, -0.05) is 36.0 Å². The molecule has 4 heterocycles. The topological polar surface area (TPSA) is 78.2 Å². The summed E-state index contributed by atoms with van der Waals surface area (Å²) in [5.74, 6) is 1.69. The van der Waals surface area contributed by atoms with Crippen LogP contribution in [0.25, 0.3) is 27.4 Å². The maximum absolute atomic E-state index is 12.8. The molecule has 144 valence electrons. The lowest BCUT2D eigenvalue weighted by atomic mass is 10.2. The molecule has 0 aliphatic rings. The first kappa shape index (κ1) is 17.9. The minimum atomic E-state index is -0.103. The molecule has 0 aliphatic heterocycles. The summed E-state index contributed by atoms with van der Waals surface area (Å²) < 4.78 is 9.08. The summed E-state index contributed by atoms with van der Waals surface area (Å²) in [7, 11) is 0. The molecule has 0 N–H and O–H groups in total. The summed E-state index contributed by atoms with van der Waals surface area (Å²) in [6, 6.07) is 11.4. The zero-order chi connectivity index (χ0) is 19.8. The van der Waals surface area contributed by atoms with Crippen molar-refractivity contribution in [3.05, 3.63) is 76.7 Å². The number of fused-ring (bicyclic) bond motifs is 3. The quantitative estimate of drug-likeness (QED) is 0.301. The first-order valence-electron chi connectivity index (χ1n) is 8.85. The number of aromatic nitrogens is 5. The summed E-state index contributed by atoms with van der Waals surface area (Å²) in [6.45, 7) is 4.11. The molecule has 0 saturated heterocycles. The highest BCUT2D eigenvalue weighted by molar-refractivity contribution is 7.98. The lowest BCUT2D eigenvalue weighted by Crippen LogP contribution is -2.22. The molecular formula is C20H15N5O2S2. The molecule has 0 fully saturated rings. The number of rotatable bonds is 6. The Morgan fingerprint density at radius 1 is 1.21 bits per heavy atom. The van der Waals surface area contributed by atoms with Crippen LogP contribution in [-0.2, 0) is 12.3 Å². The second-order valence-corrected chi connectivity index (χ2v) is 8.14. The summed E-state index contributed by atoms with van der Waals surface area (Å²) in [4.78, 5) is 18.4. The van der Waals surface area contributed by atoms with Crippen molar-refractivity contribution in [3.63, 3.8) is 0 Å². The van der Waals surface area contributed by atoms with Crippen molar-refractivity contribution in [3.8, 4) is 10.8 Å². The Bertz CT molecular complexity index is 1380. The van der Waals surface area contributed by atoms with E-state index in [4.69, 9.17) is 4.42 Å². The number of nitrogens with zero attached hydrogens (tertiary/aromatic N) is 5. The van der Waals surface area contributed by atoms with Gasteiger partial charge in [0.2, 0.25) is 11.7 Å². The molecule has 9 heteroatoms. The lowest BCUT2D eigenvalue weighted by Gasteiger charge is -2.09. The van der Waals surface area contributed by atoms with Crippen LogP contribution < -0.4 is 5.56 Å². The van der Waals surface area contributed by atoms with Crippen molar-refractivity contribution >= 4 is 39.8 Å². The van der Waals surface area contributed by atoms with Crippen LogP contribution >= 0.6 is 23.1 Å². The minimum absolute atomic E-state index is 0.103. The van der Waals surface area contributed by atoms with E-state index in [0.29, 0.717) is 34.5 Å². The largest absolute Gasteiger partial charge is 0.444 e. The Hall–Kier alpha value is -3.17. The average molecular weight is 422 g/mol. The number of benzene rings is 1. The molecular weight excluding hydrogens is 406 g/mol. The Balaban J connectivity index is 1.54. The highest BCUT2D eigenvalue weighted by Gasteiger charge is 2.17. The van der Waals surface area contributed by atoms with Gasteiger partial charge in [-0.05, 0) is 23.6 Å². The van der Waals surface area contributed by atoms with E-state index < -0.39 is 0 Å². The molecule has 4 aromatic heterocycles. The monoisotopic (exact) mass is 421 g/mol. The molecule has 0 bridgehead atoms. The average Bonchev–Trinajstić information content (AvgIpc) is 3.50. The molecule has 7 nitrogen and oxygen atoms in total. The van der Waals surface area contributed by atoms with Gasteiger partial charge in [-0.25, -0.2) is 4.98 Å². The number of thioether (sulfide) groups is 1. The lowest BCUT2D eigenvalue weighted by molar-refractivity contribution is 0.575. The number of hydrogen-bond donors (Lipinski definition) is 0. The van der Waals surface area contributed by atoms with Crippen molar-refractivity contribution in [2.75, 3.05) is 0 Å². The molecule has 0 spiro atoms. The molecule has 0 saturated carbocycles. The van der Waals surface area contributed by atoms with Crippen molar-refractivity contribution in [2.45, 2.75) is 17.5 Å². The third kappa shape index (κ3) is 3.08. The Morgan fingerprint density at radius 3 is 2.93 bits per heavy atom. The van der Waals surface area contributed by atoms with Crippen LogP contribution in [0.1, 0.15) is 5.69 Å². The van der Waals surface area contributed by atoms with Crippen molar-refractivity contribution < 1.29 is 4.42 Å². The van der Waals surface area contributed by atoms with Crippen molar-refractivity contribution in [1.82, 2.24) is 24.1 Å². The van der Waals surface area contributed by atoms with Crippen LogP contribution in [0.3, 0.4) is 0 Å². The number of thiophene rings is 1. The van der Waals surface area contributed by atoms with Crippen molar-refractivity contribution in [1.29, 1.82) is 0 Å². The van der Waals surface area contributed by atoms with Gasteiger partial charge in [0.15, 0.2) is 5.16 Å². The summed E-state index contributed by atoms with van der Waals surface area (Å²) in [5.41, 5.74) is 1.49. The minimum Gasteiger partial charge on any atom is -0.444 e. The van der Waals surface area contributed by atoms with Gasteiger partial charge >= 0.3 is 0 Å². The third-order valence-electron chi connectivity index (χ3n) is 4.42. The summed E-state index contributed by atoms with van der Waals surface area (Å²) >= 11 is 3.08. The molecule has 1 aromatic carbocycles. The number of para-hydroxylation sites is 1. The van der Waals surface area contributed by atoms with Crippen LogP contribution in [0.4, 0.5) is 0 Å². The van der Waals surface area contributed by atoms with E-state index in [1.54, 1.807) is 28.2 Å². The number of allylic oxidation sites excluding steroid dienone is 1. The van der Waals surface area contributed by atoms with E-state index in [2.05, 4.69) is 21.8 Å². The highest BCUT2D eigenvalue weighted by atomic mass is 32.2. The maximum atomic E-state index is 12.8. The Labute approximate surface area is 173 Å². The fourth-order valence-electron chi connectivity index (χ4n) is 3.15. The van der Waals surface area contributed by atoms with Gasteiger partial charge in [0, 0.05) is 12.3 Å². The zero-order valence-corrected chi connectivity index (χ0v) is 16.8. The molecule has 0 unspecified atom stereocenters. The maximum Gasteiger partial charge on any atom is 0.263 e. The smallest absolute Gasteiger partial charge is 0.263 e. The van der Waals surface area contributed by atoms with Crippen molar-refractivity contribution in [2.24, 2.45) is 0 Å². The Kier molecular flexibility index (Phi) is 4.53. The summed E-state index contributed by atoms with van der Waals surface area (Å²) in [6.07, 6.45) is 3.34. The van der Waals surface area contributed by atoms with E-state index >= 15 is 0 Å². The molecule has 0 radical (unpaired) electrons. The predicted octanol–water partition coefficient (Wildman–Crippen LogP) is 4.24. The molecule has 0 amide bonds. The fraction of sp³-hybridized carbons (Fsp3) is 0.100. The normalized spacial score (nSPS) is 11.4. The standard InChI is InChI=1S/C20H15N5O2S2/c1-2-9-24-18(26)14-6-3-4-7-15(14)25-19(24)22-23-20(25)29-12-13-11-27-17(21-13)16-8-5-10-28-16/h2-8,10-11H,1,9,12H2. The van der Waals surface area contributed by atoms with Crippen LogP contribution in [0.15, 0.2) is 75.1 Å². The van der Waals surface area contributed by atoms with Crippen LogP contribution in [-0.4, -0.2) is 24.1 Å². The Morgan fingerprint density at radius 2 is 2.10 bits per heavy atom. The highest BCUT2D eigenvalue weighted by Crippen LogP contribution is 2.27. The first-order chi connectivity index (χ1) is 14.3. The van der Waals surface area contributed by atoms with Gasteiger partial charge in [0.1, 0.15) is 6.26 Å². The van der Waals surface area contributed by atoms with Gasteiger partial charge in [-0.15, -0.1) is 28.1 Å². The number of oxazole rings is 1. The van der Waals surface area contributed by atoms with E-state index in [-0.39, 0.29) is 5.56 Å². The van der Waals surface area contributed by atoms with Gasteiger partial charge in [-0.3, -0.25) is 13.8 Å². The second kappa shape index (κ2) is 7.34. The van der Waals surface area contributed by atoms with Crippen LogP contribution in [0.5, 0.6) is 0 Å².